The third-order valence-electron chi connectivity index (χ3n) is 3.43. The summed E-state index contributed by atoms with van der Waals surface area (Å²) in [5.74, 6) is 1.21. The number of carbonyl (C=O) groups excluding carboxylic acids is 1. The number of amides is 1. The van der Waals surface area contributed by atoms with Gasteiger partial charge in [-0.1, -0.05) is 15.9 Å². The second-order valence-electron chi connectivity index (χ2n) is 5.94. The molecule has 0 aliphatic heterocycles. The van der Waals surface area contributed by atoms with Gasteiger partial charge in [-0.15, -0.1) is 0 Å². The number of carbonyl (C=O) groups is 1. The van der Waals surface area contributed by atoms with E-state index in [1.165, 1.54) is 0 Å². The van der Waals surface area contributed by atoms with Gasteiger partial charge in [0.2, 0.25) is 5.82 Å². The highest BCUT2D eigenvalue weighted by Gasteiger charge is 2.15. The van der Waals surface area contributed by atoms with Crippen molar-refractivity contribution in [2.75, 3.05) is 11.9 Å². The van der Waals surface area contributed by atoms with Gasteiger partial charge < -0.3 is 14.8 Å². The summed E-state index contributed by atoms with van der Waals surface area (Å²) in [5, 5.41) is 10.3. The van der Waals surface area contributed by atoms with Crippen LogP contribution in [-0.2, 0) is 4.79 Å². The Balaban J connectivity index is 1.62. The summed E-state index contributed by atoms with van der Waals surface area (Å²) in [6.07, 6.45) is 0.0881. The van der Waals surface area contributed by atoms with Crippen molar-refractivity contribution in [2.24, 2.45) is 0 Å². The van der Waals surface area contributed by atoms with Crippen LogP contribution in [0, 0.1) is 0 Å². The topological polar surface area (TPSA) is 86.5 Å². The van der Waals surface area contributed by atoms with Gasteiger partial charge in [0.05, 0.1) is 6.10 Å². The molecule has 1 N–H and O–H groups in total. The molecule has 0 saturated carbocycles. The highest BCUT2D eigenvalue weighted by molar-refractivity contribution is 9.10. The summed E-state index contributed by atoms with van der Waals surface area (Å²) in [4.78, 5) is 12.1. The van der Waals surface area contributed by atoms with Crippen LogP contribution in [0.4, 0.5) is 5.82 Å². The first kappa shape index (κ1) is 18.9. The molecule has 0 atom stereocenters. The van der Waals surface area contributed by atoms with Crippen LogP contribution in [0.2, 0.25) is 0 Å². The van der Waals surface area contributed by atoms with Crippen molar-refractivity contribution in [3.8, 4) is 22.8 Å². The minimum atomic E-state index is -0.366. The van der Waals surface area contributed by atoms with E-state index in [9.17, 15) is 4.79 Å². The van der Waals surface area contributed by atoms with Gasteiger partial charge in [-0.3, -0.25) is 4.79 Å². The first-order valence-electron chi connectivity index (χ1n) is 8.29. The summed E-state index contributed by atoms with van der Waals surface area (Å²) >= 11 is 3.34. The lowest BCUT2D eigenvalue weighted by atomic mass is 10.1. The van der Waals surface area contributed by atoms with E-state index in [4.69, 9.17) is 14.1 Å². The molecular weight excluding hydrogens is 414 g/mol. The van der Waals surface area contributed by atoms with Gasteiger partial charge in [0, 0.05) is 10.0 Å². The van der Waals surface area contributed by atoms with Gasteiger partial charge >= 0.3 is 0 Å². The van der Waals surface area contributed by atoms with E-state index < -0.39 is 0 Å². The smallest absolute Gasteiger partial charge is 0.263 e. The molecule has 0 aliphatic rings. The van der Waals surface area contributed by atoms with Crippen molar-refractivity contribution in [3.05, 3.63) is 53.0 Å². The number of halogens is 1. The Labute approximate surface area is 164 Å². The third kappa shape index (κ3) is 5.30. The first-order chi connectivity index (χ1) is 13.0. The Kier molecular flexibility index (Phi) is 6.08. The largest absolute Gasteiger partial charge is 0.491 e. The molecular formula is C19H18BrN3O4. The van der Waals surface area contributed by atoms with E-state index in [0.29, 0.717) is 11.4 Å². The number of nitrogens with zero attached hydrogens (tertiary/aromatic N) is 2. The molecule has 1 aromatic heterocycles. The third-order valence-corrected chi connectivity index (χ3v) is 3.96. The van der Waals surface area contributed by atoms with Crippen LogP contribution >= 0.6 is 15.9 Å². The normalized spacial score (nSPS) is 10.7. The van der Waals surface area contributed by atoms with Crippen molar-refractivity contribution in [1.29, 1.82) is 0 Å². The van der Waals surface area contributed by atoms with Crippen LogP contribution in [0.3, 0.4) is 0 Å². The van der Waals surface area contributed by atoms with Crippen LogP contribution < -0.4 is 14.8 Å². The average Bonchev–Trinajstić information content (AvgIpc) is 3.09. The summed E-state index contributed by atoms with van der Waals surface area (Å²) in [6.45, 7) is 3.76. The Bertz CT molecular complexity index is 892. The fourth-order valence-corrected chi connectivity index (χ4v) is 2.54. The average molecular weight is 432 g/mol. The maximum atomic E-state index is 12.1. The zero-order chi connectivity index (χ0) is 19.2. The lowest BCUT2D eigenvalue weighted by Crippen LogP contribution is -2.20. The van der Waals surface area contributed by atoms with E-state index in [1.807, 2.05) is 50.2 Å². The fourth-order valence-electron chi connectivity index (χ4n) is 2.27. The Morgan fingerprint density at radius 2 is 1.74 bits per heavy atom. The van der Waals surface area contributed by atoms with Gasteiger partial charge in [0.15, 0.2) is 12.3 Å². The number of ether oxygens (including phenoxy) is 2. The highest BCUT2D eigenvalue weighted by Crippen LogP contribution is 2.26. The van der Waals surface area contributed by atoms with Gasteiger partial charge in [0.25, 0.3) is 5.91 Å². The molecule has 0 bridgehead atoms. The number of aromatic nitrogens is 2. The second-order valence-corrected chi connectivity index (χ2v) is 6.86. The van der Waals surface area contributed by atoms with Gasteiger partial charge in [-0.2, -0.15) is 0 Å². The van der Waals surface area contributed by atoms with Crippen molar-refractivity contribution < 1.29 is 18.9 Å². The molecule has 3 aromatic rings. The maximum absolute atomic E-state index is 12.1. The predicted octanol–water partition coefficient (Wildman–Crippen LogP) is 4.30. The molecule has 7 nitrogen and oxygen atoms in total. The quantitative estimate of drug-likeness (QED) is 0.599. The van der Waals surface area contributed by atoms with Crippen LogP contribution in [0.5, 0.6) is 11.5 Å². The molecule has 0 fully saturated rings. The Hall–Kier alpha value is -2.87. The minimum absolute atomic E-state index is 0.0881. The zero-order valence-electron chi connectivity index (χ0n) is 14.8. The summed E-state index contributed by atoms with van der Waals surface area (Å²) in [5.41, 5.74) is 1.18. The number of hydrogen-bond donors (Lipinski definition) is 1. The van der Waals surface area contributed by atoms with Crippen molar-refractivity contribution in [2.45, 2.75) is 20.0 Å². The van der Waals surface area contributed by atoms with E-state index in [2.05, 4.69) is 31.6 Å². The fraction of sp³-hybridized carbons (Fsp3) is 0.211. The lowest BCUT2D eigenvalue weighted by molar-refractivity contribution is -0.118. The summed E-state index contributed by atoms with van der Waals surface area (Å²) in [7, 11) is 0. The summed E-state index contributed by atoms with van der Waals surface area (Å²) in [6, 6.07) is 14.5. The zero-order valence-corrected chi connectivity index (χ0v) is 16.4. The number of anilines is 1. The minimum Gasteiger partial charge on any atom is -0.491 e. The molecule has 1 heterocycles. The van der Waals surface area contributed by atoms with Crippen LogP contribution in [0.1, 0.15) is 13.8 Å². The Morgan fingerprint density at radius 3 is 2.41 bits per heavy atom. The highest BCUT2D eigenvalue weighted by atomic mass is 79.9. The number of rotatable bonds is 7. The predicted molar refractivity (Wildman–Crippen MR) is 104 cm³/mol. The SMILES string of the molecule is CC(C)Oc1ccc(-c2nonc2NC(=O)COc2ccc(Br)cc2)cc1. The molecule has 1 amide bonds. The molecule has 0 spiro atoms. The van der Waals surface area contributed by atoms with Gasteiger partial charge in [0.1, 0.15) is 11.5 Å². The molecule has 0 saturated heterocycles. The molecule has 140 valence electrons. The van der Waals surface area contributed by atoms with Crippen molar-refractivity contribution in [1.82, 2.24) is 10.3 Å². The van der Waals surface area contributed by atoms with E-state index >= 15 is 0 Å². The van der Waals surface area contributed by atoms with E-state index in [1.54, 1.807) is 12.1 Å². The molecule has 3 rings (SSSR count). The van der Waals surface area contributed by atoms with Crippen molar-refractivity contribution >= 4 is 27.7 Å². The van der Waals surface area contributed by atoms with E-state index in [0.717, 1.165) is 15.8 Å². The second kappa shape index (κ2) is 8.68. The standard InChI is InChI=1S/C19H18BrN3O4/c1-12(2)26-16-7-3-13(4-8-16)18-19(23-27-22-18)21-17(24)11-25-15-9-5-14(20)6-10-15/h3-10,12H,11H2,1-2H3,(H,21,23,24). The maximum Gasteiger partial charge on any atom is 0.263 e. The van der Waals surface area contributed by atoms with Gasteiger partial charge in [-0.05, 0) is 72.7 Å². The molecule has 8 heteroatoms. The lowest BCUT2D eigenvalue weighted by Gasteiger charge is -2.09. The number of hydrogen-bond acceptors (Lipinski definition) is 6. The monoisotopic (exact) mass is 431 g/mol. The molecule has 2 aromatic carbocycles. The molecule has 0 aliphatic carbocycles. The van der Waals surface area contributed by atoms with E-state index in [-0.39, 0.29) is 24.4 Å². The molecule has 27 heavy (non-hydrogen) atoms. The first-order valence-corrected chi connectivity index (χ1v) is 9.08. The number of benzene rings is 2. The molecule has 0 unspecified atom stereocenters. The number of nitrogens with one attached hydrogen (secondary N) is 1. The van der Waals surface area contributed by atoms with Crippen LogP contribution in [0.15, 0.2) is 57.6 Å². The Morgan fingerprint density at radius 1 is 1.07 bits per heavy atom. The van der Waals surface area contributed by atoms with Crippen LogP contribution in [-0.4, -0.2) is 28.9 Å². The van der Waals surface area contributed by atoms with Crippen molar-refractivity contribution in [3.63, 3.8) is 0 Å². The molecule has 0 radical (unpaired) electrons. The van der Waals surface area contributed by atoms with Crippen LogP contribution in [0.25, 0.3) is 11.3 Å². The summed E-state index contributed by atoms with van der Waals surface area (Å²) < 4.78 is 16.8. The van der Waals surface area contributed by atoms with Gasteiger partial charge in [-0.25, -0.2) is 4.63 Å².